The first-order chi connectivity index (χ1) is 16.1. The third-order valence-electron chi connectivity index (χ3n) is 5.59. The van der Waals surface area contributed by atoms with Crippen molar-refractivity contribution in [2.24, 2.45) is 0 Å². The summed E-state index contributed by atoms with van der Waals surface area (Å²) in [6.07, 6.45) is 1.46. The number of anilines is 1. The minimum atomic E-state index is -3.77. The lowest BCUT2D eigenvalue weighted by atomic mass is 10.0. The molecule has 0 saturated carbocycles. The van der Waals surface area contributed by atoms with Crippen LogP contribution in [0.25, 0.3) is 0 Å². The summed E-state index contributed by atoms with van der Waals surface area (Å²) >= 11 is 3.43. The van der Waals surface area contributed by atoms with Gasteiger partial charge >= 0.3 is 0 Å². The maximum Gasteiger partial charge on any atom is 0.244 e. The van der Waals surface area contributed by atoms with E-state index in [-0.39, 0.29) is 12.5 Å². The predicted molar refractivity (Wildman–Crippen MR) is 145 cm³/mol. The van der Waals surface area contributed by atoms with E-state index in [1.165, 1.54) is 4.90 Å². The van der Waals surface area contributed by atoms with Crippen molar-refractivity contribution in [2.75, 3.05) is 17.1 Å². The van der Waals surface area contributed by atoms with Crippen LogP contribution >= 0.6 is 15.9 Å². The van der Waals surface area contributed by atoms with Gasteiger partial charge in [0, 0.05) is 16.6 Å². The van der Waals surface area contributed by atoms with Crippen LogP contribution in [0.1, 0.15) is 50.8 Å². The van der Waals surface area contributed by atoms with Crippen LogP contribution in [0.15, 0.2) is 46.9 Å². The Hall–Kier alpha value is -2.39. The summed E-state index contributed by atoms with van der Waals surface area (Å²) in [6.45, 7) is 11.1. The Balaban J connectivity index is 2.49. The van der Waals surface area contributed by atoms with Crippen LogP contribution in [0.2, 0.25) is 0 Å². The van der Waals surface area contributed by atoms with Crippen molar-refractivity contribution in [1.29, 1.82) is 0 Å². The molecular weight excluding hydrogens is 530 g/mol. The highest BCUT2D eigenvalue weighted by atomic mass is 79.9. The summed E-state index contributed by atoms with van der Waals surface area (Å²) in [7, 11) is -3.77. The average molecular weight is 567 g/mol. The molecule has 192 valence electrons. The Morgan fingerprint density at radius 1 is 1.06 bits per heavy atom. The molecule has 2 amide bonds. The van der Waals surface area contributed by atoms with E-state index >= 15 is 0 Å². The highest BCUT2D eigenvalue weighted by Crippen LogP contribution is 2.25. The van der Waals surface area contributed by atoms with Crippen LogP contribution < -0.4 is 9.62 Å². The molecule has 0 unspecified atom stereocenters. The second-order valence-electron chi connectivity index (χ2n) is 9.81. The van der Waals surface area contributed by atoms with E-state index in [9.17, 15) is 18.0 Å². The summed E-state index contributed by atoms with van der Waals surface area (Å²) < 4.78 is 27.4. The third-order valence-corrected chi connectivity index (χ3v) is 7.63. The van der Waals surface area contributed by atoms with Crippen LogP contribution in [0.3, 0.4) is 0 Å². The number of amides is 2. The molecule has 0 aliphatic carbocycles. The van der Waals surface area contributed by atoms with Crippen molar-refractivity contribution in [3.63, 3.8) is 0 Å². The zero-order valence-corrected chi connectivity index (χ0v) is 24.0. The maximum atomic E-state index is 13.7. The fourth-order valence-electron chi connectivity index (χ4n) is 3.74. The number of halogens is 1. The normalized spacial score (nSPS) is 12.7. The summed E-state index contributed by atoms with van der Waals surface area (Å²) in [6, 6.07) is 12.0. The van der Waals surface area contributed by atoms with Crippen LogP contribution in [-0.4, -0.2) is 49.5 Å². The van der Waals surface area contributed by atoms with E-state index in [0.717, 1.165) is 31.7 Å². The summed E-state index contributed by atoms with van der Waals surface area (Å²) in [5, 5.41) is 2.96. The minimum absolute atomic E-state index is 0.193. The van der Waals surface area contributed by atoms with Gasteiger partial charge in [0.05, 0.1) is 11.9 Å². The van der Waals surface area contributed by atoms with Gasteiger partial charge in [-0.05, 0) is 75.9 Å². The lowest BCUT2D eigenvalue weighted by molar-refractivity contribution is -0.141. The summed E-state index contributed by atoms with van der Waals surface area (Å²) in [5.74, 6) is -0.720. The largest absolute Gasteiger partial charge is 0.350 e. The number of carbonyl (C=O) groups excluding carboxylic acids is 2. The number of rotatable bonds is 9. The van der Waals surface area contributed by atoms with Crippen LogP contribution in [-0.2, 0) is 26.2 Å². The van der Waals surface area contributed by atoms with Gasteiger partial charge in [-0.2, -0.15) is 0 Å². The molecule has 1 atom stereocenters. The van der Waals surface area contributed by atoms with E-state index in [1.807, 2.05) is 65.8 Å². The molecule has 0 bridgehead atoms. The second kappa shape index (κ2) is 11.6. The van der Waals surface area contributed by atoms with Crippen LogP contribution in [0.4, 0.5) is 5.69 Å². The first kappa shape index (κ1) is 28.8. The smallest absolute Gasteiger partial charge is 0.244 e. The molecule has 1 N–H and O–H groups in total. The molecule has 2 aromatic carbocycles. The molecule has 0 aliphatic heterocycles. The number of benzene rings is 2. The molecule has 7 nitrogen and oxygen atoms in total. The lowest BCUT2D eigenvalue weighted by Gasteiger charge is -2.34. The van der Waals surface area contributed by atoms with Gasteiger partial charge in [0.2, 0.25) is 21.8 Å². The van der Waals surface area contributed by atoms with Gasteiger partial charge in [-0.1, -0.05) is 47.1 Å². The number of sulfonamides is 1. The topological polar surface area (TPSA) is 86.8 Å². The van der Waals surface area contributed by atoms with Crippen molar-refractivity contribution in [3.05, 3.63) is 63.6 Å². The molecule has 0 aromatic heterocycles. The maximum absolute atomic E-state index is 13.7. The molecular formula is C26H36BrN3O4S. The fraction of sp³-hybridized carbons (Fsp3) is 0.462. The number of nitrogens with zero attached hydrogens (tertiary/aromatic N) is 2. The first-order valence-corrected chi connectivity index (χ1v) is 14.2. The van der Waals surface area contributed by atoms with Gasteiger partial charge in [-0.25, -0.2) is 8.42 Å². The molecule has 35 heavy (non-hydrogen) atoms. The Bertz CT molecular complexity index is 1180. The van der Waals surface area contributed by atoms with Gasteiger partial charge in [0.25, 0.3) is 0 Å². The Kier molecular flexibility index (Phi) is 9.53. The van der Waals surface area contributed by atoms with Gasteiger partial charge in [-0.3, -0.25) is 13.9 Å². The Morgan fingerprint density at radius 3 is 2.20 bits per heavy atom. The minimum Gasteiger partial charge on any atom is -0.350 e. The molecule has 0 spiro atoms. The number of aryl methyl sites for hydroxylation is 2. The lowest BCUT2D eigenvalue weighted by Crippen LogP contribution is -2.55. The second-order valence-corrected chi connectivity index (χ2v) is 12.6. The number of nitrogens with one attached hydrogen (secondary N) is 1. The SMILES string of the molecule is CC[C@@H](C(=O)NC(C)(C)C)N(Cc1ccccc1C)C(=O)CN(c1ccc(Br)c(C)c1)S(C)(=O)=O. The fourth-order valence-corrected chi connectivity index (χ4v) is 4.83. The zero-order chi connectivity index (χ0) is 26.6. The van der Waals surface area contributed by atoms with E-state index in [2.05, 4.69) is 21.2 Å². The van der Waals surface area contributed by atoms with Crippen molar-refractivity contribution >= 4 is 43.5 Å². The van der Waals surface area contributed by atoms with Crippen molar-refractivity contribution in [2.45, 2.75) is 66.1 Å². The molecule has 2 aromatic rings. The quantitative estimate of drug-likeness (QED) is 0.483. The van der Waals surface area contributed by atoms with Gasteiger partial charge < -0.3 is 10.2 Å². The number of hydrogen-bond acceptors (Lipinski definition) is 4. The molecule has 2 rings (SSSR count). The highest BCUT2D eigenvalue weighted by molar-refractivity contribution is 9.10. The first-order valence-electron chi connectivity index (χ1n) is 11.5. The van der Waals surface area contributed by atoms with Crippen molar-refractivity contribution in [3.8, 4) is 0 Å². The third kappa shape index (κ3) is 8.07. The van der Waals surface area contributed by atoms with Crippen LogP contribution in [0.5, 0.6) is 0 Å². The average Bonchev–Trinajstić information content (AvgIpc) is 2.73. The Labute approximate surface area is 218 Å². The van der Waals surface area contributed by atoms with Gasteiger partial charge in [0.1, 0.15) is 12.6 Å². The highest BCUT2D eigenvalue weighted by Gasteiger charge is 2.33. The van der Waals surface area contributed by atoms with E-state index < -0.39 is 34.1 Å². The van der Waals surface area contributed by atoms with Crippen LogP contribution in [0, 0.1) is 13.8 Å². The Morgan fingerprint density at radius 2 is 1.69 bits per heavy atom. The monoisotopic (exact) mass is 565 g/mol. The molecule has 9 heteroatoms. The predicted octanol–water partition coefficient (Wildman–Crippen LogP) is 4.55. The standard InChI is InChI=1S/C26H36BrN3O4S/c1-8-23(25(32)28-26(4,5)6)29(16-20-12-10-9-11-18(20)2)24(31)17-30(35(7,33)34)21-13-14-22(27)19(3)15-21/h9-15,23H,8,16-17H2,1-7H3,(H,28,32)/t23-/m0/s1. The molecule has 0 fully saturated rings. The van der Waals surface area contributed by atoms with Crippen molar-refractivity contribution in [1.82, 2.24) is 10.2 Å². The van der Waals surface area contributed by atoms with E-state index in [4.69, 9.17) is 0 Å². The molecule has 0 heterocycles. The molecule has 0 aliphatic rings. The zero-order valence-electron chi connectivity index (χ0n) is 21.6. The van der Waals surface area contributed by atoms with E-state index in [0.29, 0.717) is 12.1 Å². The summed E-state index contributed by atoms with van der Waals surface area (Å²) in [4.78, 5) is 28.4. The molecule has 0 saturated heterocycles. The van der Waals surface area contributed by atoms with Gasteiger partial charge in [0.15, 0.2) is 0 Å². The number of carbonyl (C=O) groups is 2. The van der Waals surface area contributed by atoms with Crippen molar-refractivity contribution < 1.29 is 18.0 Å². The van der Waals surface area contributed by atoms with E-state index in [1.54, 1.807) is 18.2 Å². The molecule has 0 radical (unpaired) electrons. The number of hydrogen-bond donors (Lipinski definition) is 1. The summed E-state index contributed by atoms with van der Waals surface area (Å²) in [5.41, 5.74) is 2.64. The van der Waals surface area contributed by atoms with Gasteiger partial charge in [-0.15, -0.1) is 0 Å².